The van der Waals surface area contributed by atoms with Gasteiger partial charge in [-0.05, 0) is 18.2 Å². The van der Waals surface area contributed by atoms with Crippen molar-refractivity contribution in [2.45, 2.75) is 0 Å². The minimum absolute atomic E-state index is 0.00161. The Morgan fingerprint density at radius 3 is 2.87 bits per heavy atom. The predicted octanol–water partition coefficient (Wildman–Crippen LogP) is 0.798. The number of amides is 1. The normalized spacial score (nSPS) is 13.5. The highest BCUT2D eigenvalue weighted by Gasteiger charge is 2.21. The first-order valence-electron chi connectivity index (χ1n) is 4.26. The Labute approximate surface area is 86.1 Å². The van der Waals surface area contributed by atoms with Crippen LogP contribution in [0.5, 0.6) is 0 Å². The molecule has 5 heteroatoms. The van der Waals surface area contributed by atoms with Crippen LogP contribution in [-0.4, -0.2) is 12.5 Å². The number of benzene rings is 1. The van der Waals surface area contributed by atoms with Crippen LogP contribution in [0, 0.1) is 22.8 Å². The van der Waals surface area contributed by atoms with E-state index in [1.165, 1.54) is 4.90 Å². The average molecular weight is 198 g/mol. The molecule has 0 saturated carbocycles. The summed E-state index contributed by atoms with van der Waals surface area (Å²) < 4.78 is 0. The number of nitrogens with zero attached hydrogens (tertiary/aromatic N) is 3. The second-order valence-corrected chi connectivity index (χ2v) is 3.08. The molecule has 0 radical (unpaired) electrons. The van der Waals surface area contributed by atoms with Crippen molar-refractivity contribution in [3.8, 4) is 12.3 Å². The fourth-order valence-electron chi connectivity index (χ4n) is 1.44. The van der Waals surface area contributed by atoms with Crippen LogP contribution < -0.4 is 10.2 Å². The molecule has 0 unspecified atom stereocenters. The first kappa shape index (κ1) is 9.04. The lowest BCUT2D eigenvalue weighted by Crippen LogP contribution is -2.34. The van der Waals surface area contributed by atoms with E-state index in [-0.39, 0.29) is 12.5 Å². The molecule has 1 heterocycles. The molecule has 0 saturated heterocycles. The minimum Gasteiger partial charge on any atom is -0.323 e. The van der Waals surface area contributed by atoms with Gasteiger partial charge in [0.2, 0.25) is 5.91 Å². The van der Waals surface area contributed by atoms with Gasteiger partial charge in [0.15, 0.2) is 6.19 Å². The highest BCUT2D eigenvalue weighted by Crippen LogP contribution is 2.29. The maximum Gasteiger partial charge on any atom is 0.245 e. The second kappa shape index (κ2) is 3.32. The molecule has 1 aliphatic heterocycles. The molecule has 0 atom stereocenters. The van der Waals surface area contributed by atoms with Crippen molar-refractivity contribution in [1.82, 2.24) is 0 Å². The Kier molecular flexibility index (Phi) is 2.00. The fraction of sp³-hybridized carbons (Fsp3) is 0.100. The van der Waals surface area contributed by atoms with Crippen molar-refractivity contribution in [2.24, 2.45) is 0 Å². The van der Waals surface area contributed by atoms with Crippen LogP contribution in [0.2, 0.25) is 0 Å². The lowest BCUT2D eigenvalue weighted by atomic mass is 10.1. The summed E-state index contributed by atoms with van der Waals surface area (Å²) in [6, 6.07) is 6.78. The molecule has 2 rings (SSSR count). The molecule has 72 valence electrons. The van der Waals surface area contributed by atoms with Gasteiger partial charge in [0.25, 0.3) is 0 Å². The van der Waals surface area contributed by atoms with Crippen molar-refractivity contribution in [1.29, 1.82) is 10.5 Å². The number of hydrogen-bond donors (Lipinski definition) is 1. The Morgan fingerprint density at radius 2 is 2.20 bits per heavy atom. The van der Waals surface area contributed by atoms with Crippen molar-refractivity contribution in [3.63, 3.8) is 0 Å². The second-order valence-electron chi connectivity index (χ2n) is 3.08. The van der Waals surface area contributed by atoms with Gasteiger partial charge in [-0.1, -0.05) is 0 Å². The maximum atomic E-state index is 11.2. The van der Waals surface area contributed by atoms with E-state index in [1.54, 1.807) is 18.2 Å². The number of carbonyl (C=O) groups is 1. The molecular weight excluding hydrogens is 192 g/mol. The zero-order chi connectivity index (χ0) is 10.8. The largest absolute Gasteiger partial charge is 0.323 e. The van der Waals surface area contributed by atoms with Gasteiger partial charge < -0.3 is 5.32 Å². The molecule has 0 spiro atoms. The zero-order valence-corrected chi connectivity index (χ0v) is 7.69. The number of carbonyl (C=O) groups excluding carboxylic acids is 1. The summed E-state index contributed by atoms with van der Waals surface area (Å²) in [6.07, 6.45) is 1.90. The molecule has 1 aromatic rings. The van der Waals surface area contributed by atoms with Gasteiger partial charge in [0.05, 0.1) is 23.0 Å². The van der Waals surface area contributed by atoms with Gasteiger partial charge in [-0.3, -0.25) is 9.69 Å². The van der Waals surface area contributed by atoms with Crippen LogP contribution >= 0.6 is 0 Å². The van der Waals surface area contributed by atoms with Gasteiger partial charge >= 0.3 is 0 Å². The fourth-order valence-corrected chi connectivity index (χ4v) is 1.44. The Balaban J connectivity index is 2.54. The molecule has 0 bridgehead atoms. The summed E-state index contributed by atoms with van der Waals surface area (Å²) in [5.41, 5.74) is 1.59. The predicted molar refractivity (Wildman–Crippen MR) is 52.7 cm³/mol. The van der Waals surface area contributed by atoms with Gasteiger partial charge in [0, 0.05) is 0 Å². The number of rotatable bonds is 0. The third-order valence-corrected chi connectivity index (χ3v) is 2.11. The SMILES string of the molecule is N#Cc1ccc2c(c1)N(C#N)CC(=O)N2. The first-order chi connectivity index (χ1) is 7.24. The van der Waals surface area contributed by atoms with Crippen LogP contribution in [0.4, 0.5) is 11.4 Å². The monoisotopic (exact) mass is 198 g/mol. The van der Waals surface area contributed by atoms with Crippen molar-refractivity contribution < 1.29 is 4.79 Å². The third kappa shape index (κ3) is 1.47. The van der Waals surface area contributed by atoms with E-state index in [1.807, 2.05) is 12.3 Å². The average Bonchev–Trinajstić information content (AvgIpc) is 2.27. The number of fused-ring (bicyclic) bond motifs is 1. The minimum atomic E-state index is -0.228. The molecule has 1 amide bonds. The zero-order valence-electron chi connectivity index (χ0n) is 7.69. The summed E-state index contributed by atoms with van der Waals surface area (Å²) in [5, 5.41) is 20.2. The van der Waals surface area contributed by atoms with Crippen molar-refractivity contribution >= 4 is 17.3 Å². The van der Waals surface area contributed by atoms with Gasteiger partial charge in [-0.2, -0.15) is 10.5 Å². The van der Waals surface area contributed by atoms with E-state index in [4.69, 9.17) is 10.5 Å². The molecule has 1 N–H and O–H groups in total. The highest BCUT2D eigenvalue weighted by atomic mass is 16.2. The van der Waals surface area contributed by atoms with E-state index in [0.717, 1.165) is 0 Å². The molecule has 0 fully saturated rings. The van der Waals surface area contributed by atoms with Crippen LogP contribution in [0.1, 0.15) is 5.56 Å². The van der Waals surface area contributed by atoms with E-state index >= 15 is 0 Å². The Morgan fingerprint density at radius 1 is 1.40 bits per heavy atom. The maximum absolute atomic E-state index is 11.2. The first-order valence-corrected chi connectivity index (χ1v) is 4.26. The van der Waals surface area contributed by atoms with E-state index in [0.29, 0.717) is 16.9 Å². The molecule has 15 heavy (non-hydrogen) atoms. The van der Waals surface area contributed by atoms with E-state index in [9.17, 15) is 4.79 Å². The smallest absolute Gasteiger partial charge is 0.245 e. The summed E-state index contributed by atoms with van der Waals surface area (Å²) in [4.78, 5) is 12.4. The lowest BCUT2D eigenvalue weighted by Gasteiger charge is -2.24. The van der Waals surface area contributed by atoms with Gasteiger partial charge in [-0.25, -0.2) is 0 Å². The quantitative estimate of drug-likeness (QED) is 0.625. The number of nitriles is 2. The van der Waals surface area contributed by atoms with E-state index in [2.05, 4.69) is 5.32 Å². The lowest BCUT2D eigenvalue weighted by molar-refractivity contribution is -0.115. The van der Waals surface area contributed by atoms with Crippen LogP contribution in [0.25, 0.3) is 0 Å². The standard InChI is InChI=1S/C10H6N4O/c11-4-7-1-2-8-9(3-7)14(6-12)5-10(15)13-8/h1-3H,5H2,(H,13,15). The summed E-state index contributed by atoms with van der Waals surface area (Å²) >= 11 is 0. The summed E-state index contributed by atoms with van der Waals surface area (Å²) in [7, 11) is 0. The molecule has 0 aliphatic carbocycles. The molecule has 1 aromatic carbocycles. The molecule has 5 nitrogen and oxygen atoms in total. The van der Waals surface area contributed by atoms with Crippen molar-refractivity contribution in [3.05, 3.63) is 23.8 Å². The number of nitrogens with one attached hydrogen (secondary N) is 1. The highest BCUT2D eigenvalue weighted by molar-refractivity contribution is 6.02. The topological polar surface area (TPSA) is 79.9 Å². The van der Waals surface area contributed by atoms with Crippen LogP contribution in [0.3, 0.4) is 0 Å². The van der Waals surface area contributed by atoms with Crippen LogP contribution in [0.15, 0.2) is 18.2 Å². The number of anilines is 2. The van der Waals surface area contributed by atoms with Crippen molar-refractivity contribution in [2.75, 3.05) is 16.8 Å². The third-order valence-electron chi connectivity index (χ3n) is 2.11. The molecular formula is C10H6N4O. The number of hydrogen-bond acceptors (Lipinski definition) is 4. The summed E-state index contributed by atoms with van der Waals surface area (Å²) in [5.74, 6) is -0.228. The van der Waals surface area contributed by atoms with E-state index < -0.39 is 0 Å². The Hall–Kier alpha value is -2.53. The molecule has 0 aromatic heterocycles. The molecule has 1 aliphatic rings. The van der Waals surface area contributed by atoms with Crippen LogP contribution in [-0.2, 0) is 4.79 Å². The van der Waals surface area contributed by atoms with Gasteiger partial charge in [-0.15, -0.1) is 0 Å². The summed E-state index contributed by atoms with van der Waals surface area (Å²) in [6.45, 7) is -0.00161. The Bertz CT molecular complexity index is 509. The van der Waals surface area contributed by atoms with Gasteiger partial charge in [0.1, 0.15) is 6.54 Å².